The Bertz CT molecular complexity index is 1010. The van der Waals surface area contributed by atoms with Crippen LogP contribution in [-0.2, 0) is 9.84 Å². The van der Waals surface area contributed by atoms with Crippen LogP contribution in [-0.4, -0.2) is 42.7 Å². The number of benzene rings is 1. The van der Waals surface area contributed by atoms with E-state index < -0.39 is 15.7 Å². The summed E-state index contributed by atoms with van der Waals surface area (Å²) in [6.45, 7) is 8.79. The summed E-state index contributed by atoms with van der Waals surface area (Å²) in [6, 6.07) is 10.0. The third-order valence-corrected chi connectivity index (χ3v) is 6.25. The molecule has 0 saturated carbocycles. The van der Waals surface area contributed by atoms with Gasteiger partial charge in [-0.05, 0) is 64.8 Å². The second kappa shape index (κ2) is 8.00. The van der Waals surface area contributed by atoms with E-state index in [1.165, 1.54) is 12.1 Å². The largest absolute Gasteiger partial charge is 0.367 e. The number of nitrogens with one attached hydrogen (secondary N) is 3. The number of nitrogens with zero attached hydrogens (tertiary/aromatic N) is 1. The molecule has 1 fully saturated rings. The van der Waals surface area contributed by atoms with E-state index >= 15 is 0 Å². The van der Waals surface area contributed by atoms with Crippen molar-refractivity contribution < 1.29 is 13.2 Å². The zero-order valence-electron chi connectivity index (χ0n) is 18.1. The monoisotopic (exact) mass is 430 g/mol. The van der Waals surface area contributed by atoms with Crippen LogP contribution >= 0.6 is 0 Å². The van der Waals surface area contributed by atoms with E-state index in [1.807, 2.05) is 6.07 Å². The molecular formula is C22H30N4O3S. The number of hydrogen-bond acceptors (Lipinski definition) is 6. The standard InChI is InChI=1S/C22H30N4O3S/c1-21(2)12-16(13-22(3,4)26-21)24-19-11-10-15(14-23-19)25-20(27)17-8-6-7-9-18(17)30(5,28)29/h6-11,14,16,26H,12-13H2,1-5H3,(H,23,24)(H,25,27). The van der Waals surface area contributed by atoms with E-state index in [2.05, 4.69) is 48.6 Å². The molecule has 2 aromatic rings. The lowest BCUT2D eigenvalue weighted by Crippen LogP contribution is -2.60. The van der Waals surface area contributed by atoms with Crippen molar-refractivity contribution in [3.05, 3.63) is 48.2 Å². The minimum atomic E-state index is -3.50. The molecule has 1 aliphatic rings. The molecule has 1 aromatic heterocycles. The van der Waals surface area contributed by atoms with Crippen LogP contribution in [0.5, 0.6) is 0 Å². The molecule has 0 atom stereocenters. The van der Waals surface area contributed by atoms with Crippen molar-refractivity contribution in [2.24, 2.45) is 0 Å². The number of piperidine rings is 1. The topological polar surface area (TPSA) is 100 Å². The number of anilines is 2. The van der Waals surface area contributed by atoms with Gasteiger partial charge >= 0.3 is 0 Å². The second-order valence-electron chi connectivity index (χ2n) is 9.30. The summed E-state index contributed by atoms with van der Waals surface area (Å²) in [4.78, 5) is 17.0. The molecule has 2 heterocycles. The van der Waals surface area contributed by atoms with Crippen LogP contribution in [0.15, 0.2) is 47.5 Å². The highest BCUT2D eigenvalue weighted by Crippen LogP contribution is 2.30. The minimum absolute atomic E-state index is 0.00452. The minimum Gasteiger partial charge on any atom is -0.367 e. The van der Waals surface area contributed by atoms with E-state index in [0.29, 0.717) is 5.69 Å². The number of pyridine rings is 1. The van der Waals surface area contributed by atoms with Crippen molar-refractivity contribution in [1.29, 1.82) is 0 Å². The van der Waals surface area contributed by atoms with Gasteiger partial charge in [-0.25, -0.2) is 13.4 Å². The molecule has 1 saturated heterocycles. The fourth-order valence-corrected chi connectivity index (χ4v) is 5.25. The van der Waals surface area contributed by atoms with Gasteiger partial charge in [-0.1, -0.05) is 12.1 Å². The number of aromatic nitrogens is 1. The lowest BCUT2D eigenvalue weighted by molar-refractivity contribution is 0.102. The Labute approximate surface area is 178 Å². The Morgan fingerprint density at radius 1 is 1.07 bits per heavy atom. The van der Waals surface area contributed by atoms with Crippen LogP contribution in [0.2, 0.25) is 0 Å². The molecule has 162 valence electrons. The smallest absolute Gasteiger partial charge is 0.257 e. The molecular weight excluding hydrogens is 400 g/mol. The van der Waals surface area contributed by atoms with Gasteiger partial charge in [-0.3, -0.25) is 4.79 Å². The first-order chi connectivity index (χ1) is 13.8. The van der Waals surface area contributed by atoms with Crippen molar-refractivity contribution in [2.45, 2.75) is 62.6 Å². The summed E-state index contributed by atoms with van der Waals surface area (Å²) in [5.41, 5.74) is 0.668. The number of rotatable bonds is 5. The van der Waals surface area contributed by atoms with E-state index in [1.54, 1.807) is 24.4 Å². The molecule has 8 heteroatoms. The van der Waals surface area contributed by atoms with Gasteiger partial charge in [0, 0.05) is 23.4 Å². The lowest BCUT2D eigenvalue weighted by Gasteiger charge is -2.46. The maximum atomic E-state index is 12.6. The molecule has 1 aromatic carbocycles. The summed E-state index contributed by atoms with van der Waals surface area (Å²) >= 11 is 0. The number of carbonyl (C=O) groups is 1. The van der Waals surface area contributed by atoms with Gasteiger partial charge < -0.3 is 16.0 Å². The maximum Gasteiger partial charge on any atom is 0.257 e. The van der Waals surface area contributed by atoms with Crippen LogP contribution in [0.3, 0.4) is 0 Å². The molecule has 1 amide bonds. The van der Waals surface area contributed by atoms with Gasteiger partial charge in [-0.2, -0.15) is 0 Å². The molecule has 3 N–H and O–H groups in total. The molecule has 0 bridgehead atoms. The summed E-state index contributed by atoms with van der Waals surface area (Å²) in [5, 5.41) is 9.87. The molecule has 0 spiro atoms. The van der Waals surface area contributed by atoms with Crippen molar-refractivity contribution in [2.75, 3.05) is 16.9 Å². The third-order valence-electron chi connectivity index (χ3n) is 5.09. The Morgan fingerprint density at radius 3 is 2.27 bits per heavy atom. The highest BCUT2D eigenvalue weighted by molar-refractivity contribution is 7.90. The fourth-order valence-electron chi connectivity index (χ4n) is 4.36. The van der Waals surface area contributed by atoms with Crippen molar-refractivity contribution in [1.82, 2.24) is 10.3 Å². The second-order valence-corrected chi connectivity index (χ2v) is 11.3. The van der Waals surface area contributed by atoms with E-state index in [0.717, 1.165) is 24.9 Å². The SMILES string of the molecule is CC1(C)CC(Nc2ccc(NC(=O)c3ccccc3S(C)(=O)=O)cn2)CC(C)(C)N1. The van der Waals surface area contributed by atoms with Crippen molar-refractivity contribution in [3.63, 3.8) is 0 Å². The van der Waals surface area contributed by atoms with Gasteiger partial charge in [0.05, 0.1) is 22.3 Å². The molecule has 7 nitrogen and oxygen atoms in total. The summed E-state index contributed by atoms with van der Waals surface area (Å²) in [6.07, 6.45) is 4.60. The zero-order valence-corrected chi connectivity index (χ0v) is 18.9. The number of sulfone groups is 1. The maximum absolute atomic E-state index is 12.6. The molecule has 0 aliphatic carbocycles. The van der Waals surface area contributed by atoms with Crippen LogP contribution in [0.25, 0.3) is 0 Å². The molecule has 3 rings (SSSR count). The Kier molecular flexibility index (Phi) is 5.93. The first-order valence-corrected chi connectivity index (χ1v) is 11.9. The highest BCUT2D eigenvalue weighted by Gasteiger charge is 2.37. The fraction of sp³-hybridized carbons (Fsp3) is 0.455. The van der Waals surface area contributed by atoms with E-state index in [9.17, 15) is 13.2 Å². The summed E-state index contributed by atoms with van der Waals surface area (Å²) < 4.78 is 23.9. The van der Waals surface area contributed by atoms with Gasteiger partial charge in [-0.15, -0.1) is 0 Å². The number of carbonyl (C=O) groups excluding carboxylic acids is 1. The Balaban J connectivity index is 1.69. The zero-order chi connectivity index (χ0) is 22.2. The van der Waals surface area contributed by atoms with Crippen LogP contribution in [0.1, 0.15) is 50.9 Å². The van der Waals surface area contributed by atoms with Crippen molar-refractivity contribution >= 4 is 27.2 Å². The average molecular weight is 431 g/mol. The quantitative estimate of drug-likeness (QED) is 0.672. The predicted molar refractivity (Wildman–Crippen MR) is 120 cm³/mol. The third kappa shape index (κ3) is 5.58. The summed E-state index contributed by atoms with van der Waals surface area (Å²) in [5.74, 6) is 0.253. The summed E-state index contributed by atoms with van der Waals surface area (Å²) in [7, 11) is -3.50. The highest BCUT2D eigenvalue weighted by atomic mass is 32.2. The van der Waals surface area contributed by atoms with Crippen LogP contribution in [0.4, 0.5) is 11.5 Å². The van der Waals surface area contributed by atoms with E-state index in [-0.39, 0.29) is 27.6 Å². The Morgan fingerprint density at radius 2 is 1.70 bits per heavy atom. The molecule has 0 unspecified atom stereocenters. The predicted octanol–water partition coefficient (Wildman–Crippen LogP) is 3.46. The van der Waals surface area contributed by atoms with Crippen LogP contribution in [0, 0.1) is 0 Å². The lowest BCUT2D eigenvalue weighted by atomic mass is 9.79. The van der Waals surface area contributed by atoms with Gasteiger partial charge in [0.25, 0.3) is 5.91 Å². The first-order valence-electron chi connectivity index (χ1n) is 9.97. The van der Waals surface area contributed by atoms with Crippen molar-refractivity contribution in [3.8, 4) is 0 Å². The van der Waals surface area contributed by atoms with Gasteiger partial charge in [0.1, 0.15) is 5.82 Å². The van der Waals surface area contributed by atoms with Gasteiger partial charge in [0.2, 0.25) is 0 Å². The van der Waals surface area contributed by atoms with E-state index in [4.69, 9.17) is 0 Å². The number of amides is 1. The Hall–Kier alpha value is -2.45. The van der Waals surface area contributed by atoms with Gasteiger partial charge in [0.15, 0.2) is 9.84 Å². The average Bonchev–Trinajstić information content (AvgIpc) is 2.60. The first kappa shape index (κ1) is 22.2. The molecule has 30 heavy (non-hydrogen) atoms. The van der Waals surface area contributed by atoms with Crippen LogP contribution < -0.4 is 16.0 Å². The molecule has 0 radical (unpaired) electrons. The number of hydrogen-bond donors (Lipinski definition) is 3. The molecule has 1 aliphatic heterocycles. The normalized spacial score (nSPS) is 18.6.